The van der Waals surface area contributed by atoms with Crippen LogP contribution in [-0.4, -0.2) is 23.9 Å². The van der Waals surface area contributed by atoms with Gasteiger partial charge in [0.05, 0.1) is 12.8 Å². The quantitative estimate of drug-likeness (QED) is 0.728. The average Bonchev–Trinajstić information content (AvgIpc) is 3.14. The molecular formula is C19H15N5O3. The summed E-state index contributed by atoms with van der Waals surface area (Å²) in [4.78, 5) is 8.14. The first-order chi connectivity index (χ1) is 13.1. The Bertz CT molecular complexity index is 1070. The molecule has 27 heavy (non-hydrogen) atoms. The zero-order valence-corrected chi connectivity index (χ0v) is 14.4. The molecule has 8 heteroatoms. The van der Waals surface area contributed by atoms with E-state index in [0.29, 0.717) is 22.8 Å². The smallest absolute Gasteiger partial charge is 0.231 e. The Labute approximate surface area is 154 Å². The monoisotopic (exact) mass is 361 g/mol. The van der Waals surface area contributed by atoms with Crippen LogP contribution in [-0.2, 0) is 0 Å². The van der Waals surface area contributed by atoms with Crippen LogP contribution in [0.4, 0.5) is 11.8 Å². The van der Waals surface area contributed by atoms with Crippen LogP contribution >= 0.6 is 0 Å². The third kappa shape index (κ3) is 2.81. The fourth-order valence-corrected chi connectivity index (χ4v) is 2.95. The lowest BCUT2D eigenvalue weighted by molar-refractivity contribution is 0.174. The van der Waals surface area contributed by atoms with E-state index in [0.717, 1.165) is 16.9 Å². The van der Waals surface area contributed by atoms with E-state index < -0.39 is 0 Å². The molecule has 8 nitrogen and oxygen atoms in total. The molecule has 0 amide bonds. The van der Waals surface area contributed by atoms with Gasteiger partial charge in [-0.1, -0.05) is 12.1 Å². The Morgan fingerprint density at radius 2 is 1.70 bits per heavy atom. The first-order valence-electron chi connectivity index (χ1n) is 8.02. The minimum absolute atomic E-state index is 0.0140. The fraction of sp³-hybridized carbons (Fsp3) is 0.105. The largest absolute Gasteiger partial charge is 0.497 e. The van der Waals surface area contributed by atoms with Crippen molar-refractivity contribution in [2.45, 2.75) is 0 Å². The lowest BCUT2D eigenvalue weighted by Gasteiger charge is -2.14. The molecule has 0 bridgehead atoms. The summed E-state index contributed by atoms with van der Waals surface area (Å²) < 4.78 is 16.2. The highest BCUT2D eigenvalue weighted by Crippen LogP contribution is 2.44. The van der Waals surface area contributed by atoms with Crippen molar-refractivity contribution in [1.29, 1.82) is 5.26 Å². The average molecular weight is 361 g/mol. The summed E-state index contributed by atoms with van der Waals surface area (Å²) >= 11 is 0. The minimum Gasteiger partial charge on any atom is -0.497 e. The van der Waals surface area contributed by atoms with E-state index in [9.17, 15) is 5.26 Å². The topological polar surface area (TPSA) is 129 Å². The highest BCUT2D eigenvalue weighted by atomic mass is 16.7. The fourth-order valence-electron chi connectivity index (χ4n) is 2.95. The SMILES string of the molecule is COc1ccc(-c2cc3c(cc2-c2nc(N)nc(N)c2C#N)OCO3)cc1. The molecule has 4 rings (SSSR count). The van der Waals surface area contributed by atoms with Gasteiger partial charge in [0, 0.05) is 5.56 Å². The first-order valence-corrected chi connectivity index (χ1v) is 8.02. The molecule has 2 heterocycles. The predicted octanol–water partition coefficient (Wildman–Crippen LogP) is 2.58. The number of ether oxygens (including phenoxy) is 3. The van der Waals surface area contributed by atoms with E-state index in [-0.39, 0.29) is 24.1 Å². The molecule has 1 aliphatic heterocycles. The van der Waals surface area contributed by atoms with Crippen LogP contribution in [0.2, 0.25) is 0 Å². The van der Waals surface area contributed by atoms with Crippen LogP contribution in [0, 0.1) is 11.3 Å². The molecule has 0 saturated carbocycles. The number of fused-ring (bicyclic) bond motifs is 1. The van der Waals surface area contributed by atoms with E-state index in [1.54, 1.807) is 13.2 Å². The van der Waals surface area contributed by atoms with Crippen molar-refractivity contribution in [3.8, 4) is 45.7 Å². The van der Waals surface area contributed by atoms with Gasteiger partial charge >= 0.3 is 0 Å². The van der Waals surface area contributed by atoms with Crippen molar-refractivity contribution < 1.29 is 14.2 Å². The Morgan fingerprint density at radius 1 is 1.04 bits per heavy atom. The molecule has 134 valence electrons. The van der Waals surface area contributed by atoms with E-state index in [2.05, 4.69) is 16.0 Å². The van der Waals surface area contributed by atoms with Gasteiger partial charge in [-0.2, -0.15) is 10.2 Å². The van der Waals surface area contributed by atoms with Crippen molar-refractivity contribution >= 4 is 11.8 Å². The standard InChI is InChI=1S/C19H15N5O3/c1-25-11-4-2-10(3-5-11)12-6-15-16(27-9-26-15)7-13(12)17-14(8-20)18(21)24-19(22)23-17/h2-7H,9H2,1H3,(H4,21,22,23,24). The van der Waals surface area contributed by atoms with Gasteiger partial charge in [0.1, 0.15) is 23.2 Å². The highest BCUT2D eigenvalue weighted by Gasteiger charge is 2.23. The molecule has 0 aliphatic carbocycles. The van der Waals surface area contributed by atoms with Crippen LogP contribution in [0.25, 0.3) is 22.4 Å². The molecule has 1 aromatic heterocycles. The van der Waals surface area contributed by atoms with Crippen molar-refractivity contribution in [3.63, 3.8) is 0 Å². The van der Waals surface area contributed by atoms with Crippen LogP contribution in [0.3, 0.4) is 0 Å². The zero-order chi connectivity index (χ0) is 19.0. The first kappa shape index (κ1) is 16.5. The van der Waals surface area contributed by atoms with Gasteiger partial charge in [0.25, 0.3) is 0 Å². The van der Waals surface area contributed by atoms with Gasteiger partial charge in [-0.05, 0) is 35.4 Å². The van der Waals surface area contributed by atoms with Crippen molar-refractivity contribution in [1.82, 2.24) is 9.97 Å². The number of nitrogens with zero attached hydrogens (tertiary/aromatic N) is 3. The van der Waals surface area contributed by atoms with Gasteiger partial charge < -0.3 is 25.7 Å². The molecule has 0 saturated heterocycles. The summed E-state index contributed by atoms with van der Waals surface area (Å²) in [6, 6.07) is 13.2. The summed E-state index contributed by atoms with van der Waals surface area (Å²) in [5.41, 5.74) is 14.5. The van der Waals surface area contributed by atoms with Crippen LogP contribution in [0.1, 0.15) is 5.56 Å². The summed E-state index contributed by atoms with van der Waals surface area (Å²) in [7, 11) is 1.60. The Hall–Kier alpha value is -3.99. The number of aromatic nitrogens is 2. The Morgan fingerprint density at radius 3 is 2.33 bits per heavy atom. The van der Waals surface area contributed by atoms with Gasteiger partial charge in [0.15, 0.2) is 11.5 Å². The molecule has 0 radical (unpaired) electrons. The maximum Gasteiger partial charge on any atom is 0.231 e. The van der Waals surface area contributed by atoms with Gasteiger partial charge in [-0.15, -0.1) is 0 Å². The van der Waals surface area contributed by atoms with E-state index >= 15 is 0 Å². The third-order valence-electron chi connectivity index (χ3n) is 4.23. The number of hydrogen-bond donors (Lipinski definition) is 2. The number of rotatable bonds is 3. The predicted molar refractivity (Wildman–Crippen MR) is 99.1 cm³/mol. The second-order valence-electron chi connectivity index (χ2n) is 5.78. The summed E-state index contributed by atoms with van der Waals surface area (Å²) in [6.45, 7) is 0.125. The van der Waals surface area contributed by atoms with Crippen LogP contribution in [0.5, 0.6) is 17.2 Å². The minimum atomic E-state index is -0.0140. The summed E-state index contributed by atoms with van der Waals surface area (Å²) in [5, 5.41) is 9.55. The molecular weight excluding hydrogens is 346 g/mol. The number of nitrogen functional groups attached to an aromatic ring is 2. The molecule has 0 atom stereocenters. The van der Waals surface area contributed by atoms with Crippen molar-refractivity contribution in [3.05, 3.63) is 42.0 Å². The Balaban J connectivity index is 1.99. The van der Waals surface area contributed by atoms with E-state index in [1.807, 2.05) is 30.3 Å². The van der Waals surface area contributed by atoms with Gasteiger partial charge in [0.2, 0.25) is 12.7 Å². The number of nitrogens with two attached hydrogens (primary N) is 2. The van der Waals surface area contributed by atoms with Crippen molar-refractivity contribution in [2.75, 3.05) is 25.4 Å². The third-order valence-corrected chi connectivity index (χ3v) is 4.23. The molecule has 0 spiro atoms. The number of nitriles is 1. The molecule has 3 aromatic rings. The van der Waals surface area contributed by atoms with Crippen LogP contribution in [0.15, 0.2) is 36.4 Å². The molecule has 4 N–H and O–H groups in total. The molecule has 1 aliphatic rings. The normalized spacial score (nSPS) is 11.9. The molecule has 0 unspecified atom stereocenters. The summed E-state index contributed by atoms with van der Waals surface area (Å²) in [6.07, 6.45) is 0. The highest BCUT2D eigenvalue weighted by molar-refractivity contribution is 5.88. The second kappa shape index (κ2) is 6.38. The van der Waals surface area contributed by atoms with E-state index in [1.165, 1.54) is 0 Å². The lowest BCUT2D eigenvalue weighted by Crippen LogP contribution is -2.05. The zero-order valence-electron chi connectivity index (χ0n) is 14.4. The second-order valence-corrected chi connectivity index (χ2v) is 5.78. The number of methoxy groups -OCH3 is 1. The lowest BCUT2D eigenvalue weighted by atomic mass is 9.94. The van der Waals surface area contributed by atoms with Crippen molar-refractivity contribution in [2.24, 2.45) is 0 Å². The van der Waals surface area contributed by atoms with E-state index in [4.69, 9.17) is 25.7 Å². The molecule has 2 aromatic carbocycles. The van der Waals surface area contributed by atoms with Gasteiger partial charge in [-0.3, -0.25) is 0 Å². The maximum absolute atomic E-state index is 9.55. The molecule has 0 fully saturated rings. The Kier molecular flexibility index (Phi) is 3.90. The van der Waals surface area contributed by atoms with Gasteiger partial charge in [-0.25, -0.2) is 4.98 Å². The number of hydrogen-bond acceptors (Lipinski definition) is 8. The van der Waals surface area contributed by atoms with Crippen LogP contribution < -0.4 is 25.7 Å². The summed E-state index contributed by atoms with van der Waals surface area (Å²) in [5.74, 6) is 1.91. The number of benzene rings is 2. The number of anilines is 2. The maximum atomic E-state index is 9.55.